The number of hydrogen-bond donors (Lipinski definition) is 1. The second-order valence-corrected chi connectivity index (χ2v) is 8.09. The fourth-order valence-electron chi connectivity index (χ4n) is 1.64. The molecule has 2 heterocycles. The summed E-state index contributed by atoms with van der Waals surface area (Å²) in [7, 11) is 0. The number of carboxylic acid groups (broad SMARTS) is 1. The predicted molar refractivity (Wildman–Crippen MR) is 89.4 cm³/mol. The molecule has 0 bridgehead atoms. The number of aliphatic carboxylic acids is 1. The number of rotatable bonds is 5. The van der Waals surface area contributed by atoms with E-state index in [4.69, 9.17) is 17.3 Å². The molecule has 0 saturated carbocycles. The molecular weight excluding hydrogens is 334 g/mol. The predicted octanol–water partition coefficient (Wildman–Crippen LogP) is 3.61. The van der Waals surface area contributed by atoms with Gasteiger partial charge < -0.3 is 5.11 Å². The summed E-state index contributed by atoms with van der Waals surface area (Å²) in [5.41, 5.74) is 0. The minimum absolute atomic E-state index is 0.00268. The fraction of sp³-hybridized carbons (Fsp3) is 0.417. The molecular formula is C12H13NO3S4. The van der Waals surface area contributed by atoms with E-state index in [9.17, 15) is 9.59 Å². The van der Waals surface area contributed by atoms with Crippen molar-refractivity contribution in [3.05, 3.63) is 19.5 Å². The lowest BCUT2D eigenvalue weighted by molar-refractivity contribution is -0.136. The summed E-state index contributed by atoms with van der Waals surface area (Å²) < 4.78 is 1.44. The second kappa shape index (κ2) is 7.02. The summed E-state index contributed by atoms with van der Waals surface area (Å²) in [4.78, 5) is 26.1. The fourth-order valence-corrected chi connectivity index (χ4v) is 5.45. The Morgan fingerprint density at radius 1 is 1.45 bits per heavy atom. The molecule has 1 saturated heterocycles. The summed E-state index contributed by atoms with van der Waals surface area (Å²) in [5.74, 6) is -0.908. The minimum Gasteiger partial charge on any atom is -0.481 e. The van der Waals surface area contributed by atoms with Crippen molar-refractivity contribution in [2.24, 2.45) is 0 Å². The highest BCUT2D eigenvalue weighted by molar-refractivity contribution is 8.31. The van der Waals surface area contributed by atoms with Gasteiger partial charge in [0.05, 0.1) is 10.7 Å². The smallest absolute Gasteiger partial charge is 0.308 e. The van der Waals surface area contributed by atoms with Crippen LogP contribution in [0.2, 0.25) is 0 Å². The topological polar surface area (TPSA) is 57.6 Å². The van der Waals surface area contributed by atoms with Crippen LogP contribution in [0.15, 0.2) is 19.5 Å². The average molecular weight is 348 g/mol. The Morgan fingerprint density at radius 3 is 2.85 bits per heavy atom. The van der Waals surface area contributed by atoms with Gasteiger partial charge in [0.15, 0.2) is 0 Å². The van der Waals surface area contributed by atoms with Crippen molar-refractivity contribution in [1.82, 2.24) is 4.90 Å². The zero-order valence-electron chi connectivity index (χ0n) is 10.7. The van der Waals surface area contributed by atoms with Crippen molar-refractivity contribution in [3.8, 4) is 0 Å². The average Bonchev–Trinajstić information content (AvgIpc) is 2.93. The van der Waals surface area contributed by atoms with E-state index >= 15 is 0 Å². The molecule has 1 N–H and O–H groups in total. The number of nitrogens with zero attached hydrogens (tertiary/aromatic N) is 1. The van der Waals surface area contributed by atoms with Crippen LogP contribution in [-0.2, 0) is 9.59 Å². The molecule has 0 aromatic carbocycles. The highest BCUT2D eigenvalue weighted by Crippen LogP contribution is 2.50. The Hall–Kier alpha value is -0.440. The maximum atomic E-state index is 12.3. The lowest BCUT2D eigenvalue weighted by Crippen LogP contribution is -2.29. The molecule has 0 unspecified atom stereocenters. The van der Waals surface area contributed by atoms with Crippen LogP contribution in [0.1, 0.15) is 26.2 Å². The van der Waals surface area contributed by atoms with E-state index in [1.807, 2.05) is 0 Å². The first-order valence-electron chi connectivity index (χ1n) is 6.06. The van der Waals surface area contributed by atoms with Crippen molar-refractivity contribution in [2.75, 3.05) is 6.54 Å². The first-order chi connectivity index (χ1) is 9.52. The van der Waals surface area contributed by atoms with Gasteiger partial charge in [-0.2, -0.15) is 0 Å². The molecule has 0 aromatic rings. The summed E-state index contributed by atoms with van der Waals surface area (Å²) in [6, 6.07) is 0. The van der Waals surface area contributed by atoms with Crippen molar-refractivity contribution in [2.45, 2.75) is 26.2 Å². The molecule has 1 amide bonds. The van der Waals surface area contributed by atoms with Crippen LogP contribution in [0.5, 0.6) is 0 Å². The van der Waals surface area contributed by atoms with Crippen LogP contribution >= 0.6 is 47.5 Å². The number of unbranched alkanes of at least 4 members (excludes halogenated alkanes) is 1. The highest BCUT2D eigenvalue weighted by Gasteiger charge is 2.35. The summed E-state index contributed by atoms with van der Waals surface area (Å²) >= 11 is 9.34. The van der Waals surface area contributed by atoms with Crippen LogP contribution < -0.4 is 0 Å². The monoisotopic (exact) mass is 347 g/mol. The number of thiocarbonyl (C=S) groups is 1. The minimum atomic E-state index is -0.860. The van der Waals surface area contributed by atoms with Crippen molar-refractivity contribution < 1.29 is 14.7 Å². The number of hydrogen-bond acceptors (Lipinski definition) is 6. The van der Waals surface area contributed by atoms with Crippen LogP contribution in [0.4, 0.5) is 0 Å². The van der Waals surface area contributed by atoms with Gasteiger partial charge in [-0.05, 0) is 11.8 Å². The summed E-state index contributed by atoms with van der Waals surface area (Å²) in [5, 5.41) is 10.6. The van der Waals surface area contributed by atoms with E-state index in [-0.39, 0.29) is 12.3 Å². The zero-order chi connectivity index (χ0) is 14.7. The van der Waals surface area contributed by atoms with Crippen LogP contribution in [0, 0.1) is 0 Å². The maximum Gasteiger partial charge on any atom is 0.308 e. The van der Waals surface area contributed by atoms with Gasteiger partial charge in [-0.15, -0.1) is 0 Å². The van der Waals surface area contributed by atoms with Gasteiger partial charge in [-0.25, -0.2) is 0 Å². The molecule has 20 heavy (non-hydrogen) atoms. The van der Waals surface area contributed by atoms with Crippen LogP contribution in [0.3, 0.4) is 0 Å². The first kappa shape index (κ1) is 15.9. The molecule has 0 atom stereocenters. The molecule has 8 heteroatoms. The van der Waals surface area contributed by atoms with Gasteiger partial charge in [0.25, 0.3) is 5.91 Å². The van der Waals surface area contributed by atoms with E-state index in [0.29, 0.717) is 15.8 Å². The standard InChI is InChI=1S/C12H13NO3S4/c1-2-3-4-13-10(16)9(20-12(13)17)11-18-6-7(19-11)5-8(14)15/h6H,2-5H2,1H3,(H,14,15)/b11-9+. The Labute approximate surface area is 135 Å². The van der Waals surface area contributed by atoms with E-state index in [1.54, 1.807) is 10.3 Å². The van der Waals surface area contributed by atoms with Gasteiger partial charge >= 0.3 is 5.97 Å². The van der Waals surface area contributed by atoms with E-state index in [0.717, 1.165) is 22.0 Å². The third-order valence-corrected chi connectivity index (χ3v) is 6.75. The molecule has 2 rings (SSSR count). The molecule has 0 radical (unpaired) electrons. The SMILES string of the molecule is CCCCN1C(=O)/C(=C2/SC=C(CC(=O)O)S2)SC1=S. The van der Waals surface area contributed by atoms with Gasteiger partial charge in [0.1, 0.15) is 9.23 Å². The van der Waals surface area contributed by atoms with Gasteiger partial charge in [-0.1, -0.05) is 60.8 Å². The maximum absolute atomic E-state index is 12.3. The van der Waals surface area contributed by atoms with Crippen molar-refractivity contribution in [1.29, 1.82) is 0 Å². The lowest BCUT2D eigenvalue weighted by Gasteiger charge is -2.13. The van der Waals surface area contributed by atoms with Crippen molar-refractivity contribution >= 4 is 63.7 Å². The number of amides is 1. The van der Waals surface area contributed by atoms with Gasteiger partial charge in [0.2, 0.25) is 0 Å². The third-order valence-electron chi connectivity index (χ3n) is 2.62. The molecule has 1 fully saturated rings. The quantitative estimate of drug-likeness (QED) is 0.602. The molecule has 2 aliphatic heterocycles. The van der Waals surface area contributed by atoms with E-state index in [2.05, 4.69) is 6.92 Å². The Balaban J connectivity index is 2.07. The van der Waals surface area contributed by atoms with Crippen LogP contribution in [-0.4, -0.2) is 32.7 Å². The van der Waals surface area contributed by atoms with Crippen LogP contribution in [0.25, 0.3) is 0 Å². The molecule has 0 aromatic heterocycles. The summed E-state index contributed by atoms with van der Waals surface area (Å²) in [6.45, 7) is 2.73. The second-order valence-electron chi connectivity index (χ2n) is 4.17. The molecule has 4 nitrogen and oxygen atoms in total. The number of carboxylic acids is 1. The number of carbonyl (C=O) groups excluding carboxylic acids is 1. The van der Waals surface area contributed by atoms with E-state index < -0.39 is 5.97 Å². The van der Waals surface area contributed by atoms with Crippen molar-refractivity contribution in [3.63, 3.8) is 0 Å². The molecule has 0 aliphatic carbocycles. The number of carbonyl (C=O) groups is 2. The Kier molecular flexibility index (Phi) is 5.59. The normalized spacial score (nSPS) is 22.6. The zero-order valence-corrected chi connectivity index (χ0v) is 14.0. The Morgan fingerprint density at radius 2 is 2.20 bits per heavy atom. The lowest BCUT2D eigenvalue weighted by atomic mass is 10.3. The first-order valence-corrected chi connectivity index (χ1v) is 8.98. The third kappa shape index (κ3) is 3.60. The molecule has 108 valence electrons. The highest BCUT2D eigenvalue weighted by atomic mass is 32.2. The van der Waals surface area contributed by atoms with E-state index in [1.165, 1.54) is 35.3 Å². The molecule has 2 aliphatic rings. The number of thioether (sulfide) groups is 3. The summed E-state index contributed by atoms with van der Waals surface area (Å²) in [6.07, 6.45) is 1.94. The largest absolute Gasteiger partial charge is 0.481 e. The van der Waals surface area contributed by atoms with Gasteiger partial charge in [-0.3, -0.25) is 14.5 Å². The molecule has 0 spiro atoms. The van der Waals surface area contributed by atoms with Gasteiger partial charge in [0, 0.05) is 11.4 Å². The Bertz CT molecular complexity index is 527.